The number of aromatic nitrogens is 3. The Labute approximate surface area is 120 Å². The number of nitrogens with one attached hydrogen (secondary N) is 2. The molecule has 0 radical (unpaired) electrons. The molecule has 2 N–H and O–H groups in total. The van der Waals surface area contributed by atoms with Gasteiger partial charge in [0.2, 0.25) is 5.82 Å². The Bertz CT molecular complexity index is 423. The van der Waals surface area contributed by atoms with Crippen LogP contribution in [0.3, 0.4) is 0 Å². The number of amides is 1. The van der Waals surface area contributed by atoms with E-state index in [0.29, 0.717) is 6.54 Å². The third kappa shape index (κ3) is 4.30. The summed E-state index contributed by atoms with van der Waals surface area (Å²) in [5, 5.41) is 9.53. The van der Waals surface area contributed by atoms with Crippen LogP contribution in [0.2, 0.25) is 0 Å². The van der Waals surface area contributed by atoms with Crippen LogP contribution in [-0.2, 0) is 6.42 Å². The highest BCUT2D eigenvalue weighted by molar-refractivity contribution is 5.90. The van der Waals surface area contributed by atoms with Gasteiger partial charge in [0.1, 0.15) is 5.82 Å². The number of carbonyl (C=O) groups is 1. The first kappa shape index (κ1) is 15.0. The number of piperidine rings is 1. The van der Waals surface area contributed by atoms with Gasteiger partial charge in [-0.2, -0.15) is 0 Å². The van der Waals surface area contributed by atoms with Crippen LogP contribution in [-0.4, -0.2) is 52.2 Å². The average molecular weight is 279 g/mol. The highest BCUT2D eigenvalue weighted by atomic mass is 16.2. The van der Waals surface area contributed by atoms with Gasteiger partial charge in [-0.25, -0.2) is 4.98 Å². The summed E-state index contributed by atoms with van der Waals surface area (Å²) in [7, 11) is 0. The summed E-state index contributed by atoms with van der Waals surface area (Å²) >= 11 is 0. The Balaban J connectivity index is 1.62. The van der Waals surface area contributed by atoms with Crippen molar-refractivity contribution in [2.24, 2.45) is 5.92 Å². The van der Waals surface area contributed by atoms with Crippen LogP contribution in [0.4, 0.5) is 0 Å². The molecule has 2 heterocycles. The Morgan fingerprint density at radius 2 is 2.20 bits per heavy atom. The zero-order valence-electron chi connectivity index (χ0n) is 12.5. The monoisotopic (exact) mass is 279 g/mol. The molecule has 6 nitrogen and oxygen atoms in total. The standard InChI is InChI=1S/C14H25N5O/c1-3-12-16-13(18-17-12)14(20)15-7-4-8-19-9-5-11(2)6-10-19/h11H,3-10H2,1-2H3,(H,15,20)(H,16,17,18). The first-order valence-corrected chi connectivity index (χ1v) is 7.61. The quantitative estimate of drug-likeness (QED) is 0.768. The lowest BCUT2D eigenvalue weighted by Crippen LogP contribution is -2.35. The highest BCUT2D eigenvalue weighted by Gasteiger charge is 2.15. The van der Waals surface area contributed by atoms with E-state index in [1.807, 2.05) is 6.92 Å². The predicted octanol–water partition coefficient (Wildman–Crippen LogP) is 1.22. The number of likely N-dealkylation sites (tertiary alicyclic amines) is 1. The van der Waals surface area contributed by atoms with Crippen LogP contribution in [0.5, 0.6) is 0 Å². The maximum Gasteiger partial charge on any atom is 0.290 e. The lowest BCUT2D eigenvalue weighted by Gasteiger charge is -2.30. The number of hydrogen-bond donors (Lipinski definition) is 2. The van der Waals surface area contributed by atoms with E-state index < -0.39 is 0 Å². The van der Waals surface area contributed by atoms with Gasteiger partial charge >= 0.3 is 0 Å². The highest BCUT2D eigenvalue weighted by Crippen LogP contribution is 2.15. The SMILES string of the molecule is CCc1nc(C(=O)NCCCN2CCC(C)CC2)n[nH]1. The number of aromatic amines is 1. The molecule has 1 saturated heterocycles. The maximum atomic E-state index is 11.8. The molecule has 0 atom stereocenters. The molecule has 1 amide bonds. The van der Waals surface area contributed by atoms with E-state index in [4.69, 9.17) is 0 Å². The van der Waals surface area contributed by atoms with Crippen molar-refractivity contribution in [1.82, 2.24) is 25.4 Å². The van der Waals surface area contributed by atoms with Gasteiger partial charge in [0.05, 0.1) is 0 Å². The minimum absolute atomic E-state index is 0.187. The minimum Gasteiger partial charge on any atom is -0.349 e. The van der Waals surface area contributed by atoms with Crippen LogP contribution in [0, 0.1) is 5.92 Å². The van der Waals surface area contributed by atoms with E-state index >= 15 is 0 Å². The second-order valence-corrected chi connectivity index (χ2v) is 5.59. The molecule has 0 aromatic carbocycles. The van der Waals surface area contributed by atoms with Gasteiger partial charge < -0.3 is 10.2 Å². The Hall–Kier alpha value is -1.43. The van der Waals surface area contributed by atoms with E-state index in [-0.39, 0.29) is 11.7 Å². The number of carbonyl (C=O) groups excluding carboxylic acids is 1. The normalized spacial score (nSPS) is 17.3. The number of hydrogen-bond acceptors (Lipinski definition) is 4. The second-order valence-electron chi connectivity index (χ2n) is 5.59. The Morgan fingerprint density at radius 1 is 1.45 bits per heavy atom. The smallest absolute Gasteiger partial charge is 0.290 e. The van der Waals surface area contributed by atoms with Crippen molar-refractivity contribution >= 4 is 5.91 Å². The van der Waals surface area contributed by atoms with E-state index in [1.165, 1.54) is 25.9 Å². The van der Waals surface area contributed by atoms with Crippen LogP contribution in [0.25, 0.3) is 0 Å². The van der Waals surface area contributed by atoms with Crippen LogP contribution < -0.4 is 5.32 Å². The molecule has 1 aliphatic rings. The fourth-order valence-electron chi connectivity index (χ4n) is 2.42. The summed E-state index contributed by atoms with van der Waals surface area (Å²) in [5.74, 6) is 1.67. The molecule has 6 heteroatoms. The molecule has 1 aromatic rings. The van der Waals surface area contributed by atoms with Crippen LogP contribution >= 0.6 is 0 Å². The van der Waals surface area contributed by atoms with Crippen LogP contribution in [0.1, 0.15) is 49.6 Å². The fourth-order valence-corrected chi connectivity index (χ4v) is 2.42. The van der Waals surface area contributed by atoms with Gasteiger partial charge in [0, 0.05) is 13.0 Å². The summed E-state index contributed by atoms with van der Waals surface area (Å²) in [5.41, 5.74) is 0. The van der Waals surface area contributed by atoms with Gasteiger partial charge in [-0.1, -0.05) is 13.8 Å². The molecule has 1 aromatic heterocycles. The van der Waals surface area contributed by atoms with E-state index in [2.05, 4.69) is 32.3 Å². The van der Waals surface area contributed by atoms with E-state index in [0.717, 1.165) is 31.1 Å². The lowest BCUT2D eigenvalue weighted by molar-refractivity contribution is 0.0940. The molecule has 112 valence electrons. The third-order valence-corrected chi connectivity index (χ3v) is 3.88. The molecule has 0 spiro atoms. The van der Waals surface area contributed by atoms with Crippen LogP contribution in [0.15, 0.2) is 0 Å². The van der Waals surface area contributed by atoms with Crippen molar-refractivity contribution < 1.29 is 4.79 Å². The van der Waals surface area contributed by atoms with Crippen molar-refractivity contribution in [3.05, 3.63) is 11.6 Å². The second kappa shape index (κ2) is 7.38. The molecule has 0 bridgehead atoms. The topological polar surface area (TPSA) is 73.9 Å². The number of H-pyrrole nitrogens is 1. The van der Waals surface area contributed by atoms with Gasteiger partial charge in [-0.3, -0.25) is 9.89 Å². The predicted molar refractivity (Wildman–Crippen MR) is 77.5 cm³/mol. The minimum atomic E-state index is -0.187. The molecule has 0 aliphatic carbocycles. The molecule has 0 unspecified atom stereocenters. The maximum absolute atomic E-state index is 11.8. The van der Waals surface area contributed by atoms with Crippen molar-refractivity contribution in [2.45, 2.75) is 39.5 Å². The molecular formula is C14H25N5O. The molecule has 2 rings (SSSR count). The molecular weight excluding hydrogens is 254 g/mol. The van der Waals surface area contributed by atoms with Crippen molar-refractivity contribution in [3.8, 4) is 0 Å². The number of rotatable bonds is 6. The molecule has 20 heavy (non-hydrogen) atoms. The van der Waals surface area contributed by atoms with Gasteiger partial charge in [-0.05, 0) is 44.8 Å². The molecule has 0 saturated carbocycles. The van der Waals surface area contributed by atoms with Gasteiger partial charge in [-0.15, -0.1) is 5.10 Å². The van der Waals surface area contributed by atoms with Crippen molar-refractivity contribution in [3.63, 3.8) is 0 Å². The summed E-state index contributed by atoms with van der Waals surface area (Å²) in [6, 6.07) is 0. The summed E-state index contributed by atoms with van der Waals surface area (Å²) in [6.45, 7) is 8.41. The number of nitrogens with zero attached hydrogens (tertiary/aromatic N) is 3. The Kier molecular flexibility index (Phi) is 5.52. The third-order valence-electron chi connectivity index (χ3n) is 3.88. The Morgan fingerprint density at radius 3 is 2.85 bits per heavy atom. The van der Waals surface area contributed by atoms with Gasteiger partial charge in [0.25, 0.3) is 5.91 Å². The fraction of sp³-hybridized carbons (Fsp3) is 0.786. The van der Waals surface area contributed by atoms with E-state index in [9.17, 15) is 4.79 Å². The zero-order valence-corrected chi connectivity index (χ0v) is 12.5. The molecule has 1 fully saturated rings. The van der Waals surface area contributed by atoms with Gasteiger partial charge in [0.15, 0.2) is 0 Å². The zero-order chi connectivity index (χ0) is 14.4. The van der Waals surface area contributed by atoms with Crippen molar-refractivity contribution in [1.29, 1.82) is 0 Å². The first-order chi connectivity index (χ1) is 9.69. The van der Waals surface area contributed by atoms with E-state index in [1.54, 1.807) is 0 Å². The van der Waals surface area contributed by atoms with Crippen molar-refractivity contribution in [2.75, 3.05) is 26.2 Å². The first-order valence-electron chi connectivity index (χ1n) is 7.61. The summed E-state index contributed by atoms with van der Waals surface area (Å²) < 4.78 is 0. The summed E-state index contributed by atoms with van der Waals surface area (Å²) in [4.78, 5) is 18.4. The average Bonchev–Trinajstić information content (AvgIpc) is 2.94. The summed E-state index contributed by atoms with van der Waals surface area (Å²) in [6.07, 6.45) is 4.32. The lowest BCUT2D eigenvalue weighted by atomic mass is 9.99. The number of aryl methyl sites for hydroxylation is 1. The molecule has 1 aliphatic heterocycles. The largest absolute Gasteiger partial charge is 0.349 e.